The number of nitrogens with one attached hydrogen (secondary N) is 1. The number of nitro groups is 1. The first-order chi connectivity index (χ1) is 11.4. The maximum Gasteiger partial charge on any atom is 0.338 e. The van der Waals surface area contributed by atoms with Crippen LogP contribution in [0.1, 0.15) is 37.4 Å². The summed E-state index contributed by atoms with van der Waals surface area (Å²) in [6.07, 6.45) is 0.617. The van der Waals surface area contributed by atoms with Crippen LogP contribution in [0.3, 0.4) is 0 Å². The molecule has 1 N–H and O–H groups in total. The molecule has 3 rings (SSSR count). The number of benzene rings is 1. The maximum atomic E-state index is 11.8. The van der Waals surface area contributed by atoms with Crippen LogP contribution in [0.25, 0.3) is 0 Å². The van der Waals surface area contributed by atoms with Gasteiger partial charge in [0.2, 0.25) is 6.29 Å². The zero-order chi connectivity index (χ0) is 17.4. The molecule has 24 heavy (non-hydrogen) atoms. The van der Waals surface area contributed by atoms with Gasteiger partial charge in [-0.05, 0) is 18.9 Å². The molecule has 2 aliphatic rings. The number of nitro benzene ring substituents is 1. The van der Waals surface area contributed by atoms with Gasteiger partial charge in [0.05, 0.1) is 10.5 Å². The molecule has 1 spiro atoms. The number of hydrogen-bond donors (Lipinski definition) is 1. The third-order valence-electron chi connectivity index (χ3n) is 4.20. The second kappa shape index (κ2) is 6.37. The van der Waals surface area contributed by atoms with E-state index in [2.05, 4.69) is 0 Å². The smallest absolute Gasteiger partial charge is 0.336 e. The Hall–Kier alpha value is -1.59. The molecule has 1 saturated heterocycles. The summed E-state index contributed by atoms with van der Waals surface area (Å²) in [7, 11) is -2.84. The second-order valence-corrected chi connectivity index (χ2v) is 7.22. The molecule has 1 saturated carbocycles. The third kappa shape index (κ3) is 3.28. The zero-order valence-electron chi connectivity index (χ0n) is 13.0. The van der Waals surface area contributed by atoms with Gasteiger partial charge in [0.1, 0.15) is 6.10 Å². The summed E-state index contributed by atoms with van der Waals surface area (Å²) in [5, 5.41) is 11.3. The van der Waals surface area contributed by atoms with Crippen LogP contribution in [0, 0.1) is 10.1 Å². The van der Waals surface area contributed by atoms with Crippen LogP contribution in [0.15, 0.2) is 24.3 Å². The second-order valence-electron chi connectivity index (χ2n) is 5.71. The number of nitrogens with zero attached hydrogens (tertiary/aromatic N) is 1. The Labute approximate surface area is 139 Å². The lowest BCUT2D eigenvalue weighted by atomic mass is 10.1. The van der Waals surface area contributed by atoms with Crippen LogP contribution in [-0.4, -0.2) is 32.5 Å². The fourth-order valence-electron chi connectivity index (χ4n) is 3.09. The first-order valence-electron chi connectivity index (χ1n) is 7.56. The molecule has 1 aliphatic heterocycles. The average Bonchev–Trinajstić information content (AvgIpc) is 3.14. The van der Waals surface area contributed by atoms with Crippen molar-refractivity contribution in [1.82, 2.24) is 4.72 Å². The number of hydrogen-bond acceptors (Lipinski definition) is 7. The van der Waals surface area contributed by atoms with Gasteiger partial charge in [-0.1, -0.05) is 12.1 Å². The molecular weight excluding hydrogens is 340 g/mol. The van der Waals surface area contributed by atoms with Crippen molar-refractivity contribution in [2.75, 3.05) is 7.05 Å². The monoisotopic (exact) mass is 358 g/mol. The van der Waals surface area contributed by atoms with Gasteiger partial charge >= 0.3 is 10.3 Å². The molecule has 132 valence electrons. The van der Waals surface area contributed by atoms with E-state index in [0.717, 1.165) is 12.8 Å². The molecular formula is C14H18N2O7S. The van der Waals surface area contributed by atoms with Crippen molar-refractivity contribution < 1.29 is 27.0 Å². The summed E-state index contributed by atoms with van der Waals surface area (Å²) in [5.41, 5.74) is 0.0548. The molecule has 1 aliphatic carbocycles. The van der Waals surface area contributed by atoms with Crippen molar-refractivity contribution in [3.05, 3.63) is 39.9 Å². The third-order valence-corrected chi connectivity index (χ3v) is 5.14. The highest BCUT2D eigenvalue weighted by atomic mass is 32.2. The summed E-state index contributed by atoms with van der Waals surface area (Å²) in [5.74, 6) is -0.956. The highest BCUT2D eigenvalue weighted by molar-refractivity contribution is 7.84. The van der Waals surface area contributed by atoms with Gasteiger partial charge in [0.15, 0.2) is 5.79 Å². The Morgan fingerprint density at radius 3 is 2.58 bits per heavy atom. The van der Waals surface area contributed by atoms with E-state index in [-0.39, 0.29) is 11.3 Å². The predicted octanol–water partition coefficient (Wildman–Crippen LogP) is 1.76. The van der Waals surface area contributed by atoms with Crippen molar-refractivity contribution in [1.29, 1.82) is 0 Å². The largest absolute Gasteiger partial charge is 0.338 e. The lowest BCUT2D eigenvalue weighted by Crippen LogP contribution is -2.32. The van der Waals surface area contributed by atoms with Gasteiger partial charge in [0, 0.05) is 26.0 Å². The van der Waals surface area contributed by atoms with Crippen LogP contribution in [0.5, 0.6) is 0 Å². The van der Waals surface area contributed by atoms with Crippen molar-refractivity contribution in [2.24, 2.45) is 0 Å². The van der Waals surface area contributed by atoms with E-state index in [1.165, 1.54) is 25.2 Å². The molecule has 0 radical (unpaired) electrons. The van der Waals surface area contributed by atoms with Gasteiger partial charge in [0.25, 0.3) is 5.69 Å². The highest BCUT2D eigenvalue weighted by Crippen LogP contribution is 2.49. The summed E-state index contributed by atoms with van der Waals surface area (Å²) < 4.78 is 42.3. The number of para-hydroxylation sites is 1. The van der Waals surface area contributed by atoms with Crippen LogP contribution in [0.2, 0.25) is 0 Å². The van der Waals surface area contributed by atoms with E-state index in [0.29, 0.717) is 12.8 Å². The fourth-order valence-corrected chi connectivity index (χ4v) is 3.57. The van der Waals surface area contributed by atoms with Crippen molar-refractivity contribution in [3.8, 4) is 0 Å². The van der Waals surface area contributed by atoms with Crippen LogP contribution >= 0.6 is 0 Å². The molecule has 2 fully saturated rings. The molecule has 0 amide bonds. The quantitative estimate of drug-likeness (QED) is 0.629. The van der Waals surface area contributed by atoms with E-state index in [1.54, 1.807) is 6.07 Å². The molecule has 2 atom stereocenters. The zero-order valence-corrected chi connectivity index (χ0v) is 13.8. The fraction of sp³-hybridized carbons (Fsp3) is 0.571. The predicted molar refractivity (Wildman–Crippen MR) is 82.1 cm³/mol. The van der Waals surface area contributed by atoms with E-state index < -0.39 is 33.4 Å². The Morgan fingerprint density at radius 2 is 1.96 bits per heavy atom. The molecule has 1 heterocycles. The Kier molecular flexibility index (Phi) is 4.58. The van der Waals surface area contributed by atoms with Crippen molar-refractivity contribution in [3.63, 3.8) is 0 Å². The average molecular weight is 358 g/mol. The minimum Gasteiger partial charge on any atom is -0.336 e. The van der Waals surface area contributed by atoms with Crippen LogP contribution in [0.4, 0.5) is 5.69 Å². The minimum atomic E-state index is -4.05. The molecule has 0 aromatic heterocycles. The topological polar surface area (TPSA) is 117 Å². The van der Waals surface area contributed by atoms with E-state index in [9.17, 15) is 18.5 Å². The Balaban J connectivity index is 1.98. The first-order valence-corrected chi connectivity index (χ1v) is 8.97. The van der Waals surface area contributed by atoms with Gasteiger partial charge < -0.3 is 9.47 Å². The van der Waals surface area contributed by atoms with E-state index in [1.807, 2.05) is 4.72 Å². The normalized spacial score (nSPS) is 26.0. The molecule has 10 heteroatoms. The lowest BCUT2D eigenvalue weighted by molar-refractivity contribution is -0.386. The van der Waals surface area contributed by atoms with Crippen LogP contribution < -0.4 is 4.72 Å². The minimum absolute atomic E-state index is 0.170. The highest BCUT2D eigenvalue weighted by Gasteiger charge is 2.52. The molecule has 1 aromatic carbocycles. The molecule has 9 nitrogen and oxygen atoms in total. The van der Waals surface area contributed by atoms with Gasteiger partial charge in [-0.3, -0.25) is 10.1 Å². The Bertz CT molecular complexity index is 730. The summed E-state index contributed by atoms with van der Waals surface area (Å²) in [4.78, 5) is 10.7. The van der Waals surface area contributed by atoms with Gasteiger partial charge in [-0.2, -0.15) is 13.1 Å². The molecule has 1 aromatic rings. The summed E-state index contributed by atoms with van der Waals surface area (Å²) in [6, 6.07) is 6.00. The Morgan fingerprint density at radius 1 is 1.29 bits per heavy atom. The SMILES string of the molecule is CNS(=O)(=O)OC1OC2(CCCC2)OC1c1ccccc1[N+](=O)[O-]. The van der Waals surface area contributed by atoms with Gasteiger partial charge in [-0.25, -0.2) is 4.18 Å². The van der Waals surface area contributed by atoms with Crippen LogP contribution in [-0.2, 0) is 24.0 Å². The van der Waals surface area contributed by atoms with Crippen molar-refractivity contribution >= 4 is 16.0 Å². The maximum absolute atomic E-state index is 11.8. The lowest BCUT2D eigenvalue weighted by Gasteiger charge is -2.21. The molecule has 2 unspecified atom stereocenters. The summed E-state index contributed by atoms with van der Waals surface area (Å²) >= 11 is 0. The first kappa shape index (κ1) is 17.2. The van der Waals surface area contributed by atoms with E-state index in [4.69, 9.17) is 13.7 Å². The standard InChI is InChI=1S/C14H18N2O7S/c1-15-24(19,20)23-13-12(21-14(22-13)8-4-5-9-14)10-6-2-3-7-11(10)16(17)18/h2-3,6-7,12-13,15H,4-5,8-9H2,1H3. The van der Waals surface area contributed by atoms with E-state index >= 15 is 0 Å². The van der Waals surface area contributed by atoms with Gasteiger partial charge in [-0.15, -0.1) is 0 Å². The van der Waals surface area contributed by atoms with Crippen molar-refractivity contribution in [2.45, 2.75) is 43.9 Å². The number of rotatable bonds is 5. The number of ether oxygens (including phenoxy) is 2. The molecule has 0 bridgehead atoms. The summed E-state index contributed by atoms with van der Waals surface area (Å²) in [6.45, 7) is 0.